The molecule has 1 aliphatic carbocycles. The Morgan fingerprint density at radius 3 is 1.97 bits per heavy atom. The van der Waals surface area contributed by atoms with E-state index in [9.17, 15) is 31.1 Å². The Morgan fingerprint density at radius 2 is 1.46 bits per heavy atom. The second kappa shape index (κ2) is 10.6. The normalized spacial score (nSPS) is 20.9. The number of nitrogens with one attached hydrogen (secondary N) is 2. The van der Waals surface area contributed by atoms with Crippen molar-refractivity contribution in [3.8, 4) is 0 Å². The van der Waals surface area contributed by atoms with Crippen LogP contribution in [-0.4, -0.2) is 11.9 Å². The molecule has 0 aromatic heterocycles. The maximum Gasteiger partial charge on any atom is 0.416 e. The molecule has 2 N–H and O–H groups in total. The van der Waals surface area contributed by atoms with Crippen molar-refractivity contribution >= 4 is 5.91 Å². The number of halogens is 6. The first-order valence-electron chi connectivity index (χ1n) is 11.6. The number of benzene rings is 2. The summed E-state index contributed by atoms with van der Waals surface area (Å²) in [7, 11) is 0. The van der Waals surface area contributed by atoms with Crippen LogP contribution in [0.4, 0.5) is 26.3 Å². The first-order valence-corrected chi connectivity index (χ1v) is 11.6. The molecule has 0 aliphatic heterocycles. The zero-order valence-corrected chi connectivity index (χ0v) is 19.9. The van der Waals surface area contributed by atoms with Gasteiger partial charge in [0.25, 0.3) is 0 Å². The van der Waals surface area contributed by atoms with E-state index in [0.29, 0.717) is 25.1 Å². The molecule has 0 radical (unpaired) electrons. The Bertz CT molecular complexity index is 982. The van der Waals surface area contributed by atoms with E-state index >= 15 is 0 Å². The lowest BCUT2D eigenvalue weighted by atomic mass is 9.85. The number of alkyl halides is 6. The topological polar surface area (TPSA) is 41.1 Å². The number of amides is 1. The van der Waals surface area contributed by atoms with Crippen molar-refractivity contribution < 1.29 is 31.1 Å². The molecule has 0 heterocycles. The highest BCUT2D eigenvalue weighted by Crippen LogP contribution is 2.38. The molecule has 1 fully saturated rings. The molecule has 3 atom stereocenters. The van der Waals surface area contributed by atoms with Crippen LogP contribution >= 0.6 is 0 Å². The standard InChI is InChI=1S/C26H30F6N2O/c1-15(2)22-11-21(33-13-17-6-4-16(3)5-7-17)12-23(22)24(35)34-14-18-8-19(25(27,28)29)10-20(9-18)26(30,31)32/h4-10,15,21-23,33H,11-14H2,1-3H3,(H,34,35)/t21-,22?,23-/m1/s1. The van der Waals surface area contributed by atoms with Gasteiger partial charge in [0, 0.05) is 25.0 Å². The quantitative estimate of drug-likeness (QED) is 0.427. The van der Waals surface area contributed by atoms with Gasteiger partial charge in [-0.15, -0.1) is 0 Å². The summed E-state index contributed by atoms with van der Waals surface area (Å²) < 4.78 is 78.7. The van der Waals surface area contributed by atoms with E-state index in [0.717, 1.165) is 17.5 Å². The zero-order chi connectivity index (χ0) is 26.0. The highest BCUT2D eigenvalue weighted by atomic mass is 19.4. The SMILES string of the molecule is Cc1ccc(CN[C@@H]2CC(C(C)C)[C@H](C(=O)NCc3cc(C(F)(F)F)cc(C(F)(F)F)c3)C2)cc1. The highest BCUT2D eigenvalue weighted by molar-refractivity contribution is 5.79. The second-order valence-corrected chi connectivity index (χ2v) is 9.68. The van der Waals surface area contributed by atoms with Crippen LogP contribution in [0, 0.1) is 24.7 Å². The lowest BCUT2D eigenvalue weighted by Crippen LogP contribution is -2.34. The predicted octanol–water partition coefficient (Wildman–Crippen LogP) is 6.49. The molecule has 1 unspecified atom stereocenters. The third-order valence-electron chi connectivity index (χ3n) is 6.63. The summed E-state index contributed by atoms with van der Waals surface area (Å²) in [5.74, 6) is -0.479. The molecule has 35 heavy (non-hydrogen) atoms. The average Bonchev–Trinajstić information content (AvgIpc) is 3.20. The second-order valence-electron chi connectivity index (χ2n) is 9.68. The molecule has 192 valence electrons. The largest absolute Gasteiger partial charge is 0.416 e. The molecule has 0 bridgehead atoms. The summed E-state index contributed by atoms with van der Waals surface area (Å²) in [5, 5.41) is 6.06. The lowest BCUT2D eigenvalue weighted by molar-refractivity contribution is -0.143. The summed E-state index contributed by atoms with van der Waals surface area (Å²) in [6.07, 6.45) is -8.53. The lowest BCUT2D eigenvalue weighted by Gasteiger charge is -2.22. The fourth-order valence-electron chi connectivity index (χ4n) is 4.69. The Morgan fingerprint density at radius 1 is 0.886 bits per heavy atom. The molecule has 0 spiro atoms. The van der Waals surface area contributed by atoms with Crippen molar-refractivity contribution in [2.45, 2.75) is 65.1 Å². The van der Waals surface area contributed by atoms with Crippen LogP contribution in [0.1, 0.15) is 54.5 Å². The summed E-state index contributed by atoms with van der Waals surface area (Å²) in [5.41, 5.74) is -0.742. The molecular weight excluding hydrogens is 470 g/mol. The van der Waals surface area contributed by atoms with Crippen LogP contribution < -0.4 is 10.6 Å². The van der Waals surface area contributed by atoms with Gasteiger partial charge in [0.05, 0.1) is 11.1 Å². The van der Waals surface area contributed by atoms with E-state index in [4.69, 9.17) is 0 Å². The van der Waals surface area contributed by atoms with Crippen LogP contribution in [0.15, 0.2) is 42.5 Å². The molecule has 3 rings (SSSR count). The number of carbonyl (C=O) groups excluding carboxylic acids is 1. The van der Waals surface area contributed by atoms with Crippen LogP contribution in [-0.2, 0) is 30.2 Å². The van der Waals surface area contributed by atoms with E-state index < -0.39 is 30.0 Å². The van der Waals surface area contributed by atoms with Crippen molar-refractivity contribution in [1.82, 2.24) is 10.6 Å². The van der Waals surface area contributed by atoms with Gasteiger partial charge in [0.15, 0.2) is 0 Å². The Balaban J connectivity index is 1.67. The van der Waals surface area contributed by atoms with Gasteiger partial charge in [0.2, 0.25) is 5.91 Å². The summed E-state index contributed by atoms with van der Waals surface area (Å²) in [6.45, 7) is 6.27. The minimum atomic E-state index is -4.93. The fourth-order valence-corrected chi connectivity index (χ4v) is 4.69. The average molecular weight is 501 g/mol. The van der Waals surface area contributed by atoms with Crippen molar-refractivity contribution in [3.63, 3.8) is 0 Å². The van der Waals surface area contributed by atoms with Crippen LogP contribution in [0.3, 0.4) is 0 Å². The van der Waals surface area contributed by atoms with Gasteiger partial charge in [-0.05, 0) is 60.9 Å². The van der Waals surface area contributed by atoms with Crippen LogP contribution in [0.5, 0.6) is 0 Å². The highest BCUT2D eigenvalue weighted by Gasteiger charge is 2.40. The molecule has 1 amide bonds. The Labute approximate surface area is 201 Å². The summed E-state index contributed by atoms with van der Waals surface area (Å²) in [4.78, 5) is 13.0. The van der Waals surface area contributed by atoms with E-state index in [1.165, 1.54) is 0 Å². The molecule has 9 heteroatoms. The zero-order valence-electron chi connectivity index (χ0n) is 19.9. The number of aryl methyl sites for hydroxylation is 1. The van der Waals surface area contributed by atoms with Gasteiger partial charge < -0.3 is 10.6 Å². The Kier molecular flexibility index (Phi) is 8.19. The molecule has 1 saturated carbocycles. The number of hydrogen-bond acceptors (Lipinski definition) is 2. The maximum absolute atomic E-state index is 13.1. The minimum absolute atomic E-state index is 0.0535. The molecule has 3 nitrogen and oxygen atoms in total. The van der Waals surface area contributed by atoms with Gasteiger partial charge in [-0.2, -0.15) is 26.3 Å². The maximum atomic E-state index is 13.1. The van der Waals surface area contributed by atoms with Crippen molar-refractivity contribution in [1.29, 1.82) is 0 Å². The third-order valence-corrected chi connectivity index (χ3v) is 6.63. The minimum Gasteiger partial charge on any atom is -0.352 e. The van der Waals surface area contributed by atoms with E-state index in [2.05, 4.69) is 10.6 Å². The third kappa shape index (κ3) is 7.22. The first kappa shape index (κ1) is 27.0. The predicted molar refractivity (Wildman–Crippen MR) is 121 cm³/mol. The van der Waals surface area contributed by atoms with E-state index in [1.807, 2.05) is 45.0 Å². The molecule has 1 aliphatic rings. The summed E-state index contributed by atoms with van der Waals surface area (Å²) >= 11 is 0. The molecule has 2 aromatic carbocycles. The monoisotopic (exact) mass is 500 g/mol. The molecule has 2 aromatic rings. The number of hydrogen-bond donors (Lipinski definition) is 2. The van der Waals surface area contributed by atoms with Gasteiger partial charge in [-0.25, -0.2) is 0 Å². The van der Waals surface area contributed by atoms with Gasteiger partial charge in [-0.3, -0.25) is 4.79 Å². The first-order chi connectivity index (χ1) is 16.2. The smallest absolute Gasteiger partial charge is 0.352 e. The van der Waals surface area contributed by atoms with Crippen molar-refractivity contribution in [3.05, 3.63) is 70.3 Å². The fraction of sp³-hybridized carbons (Fsp3) is 0.500. The molecule has 0 saturated heterocycles. The molecular formula is C26H30F6N2O. The van der Waals surface area contributed by atoms with Gasteiger partial charge >= 0.3 is 12.4 Å². The number of rotatable bonds is 7. The Hall–Kier alpha value is -2.55. The van der Waals surface area contributed by atoms with Crippen molar-refractivity contribution in [2.75, 3.05) is 0 Å². The van der Waals surface area contributed by atoms with E-state index in [1.54, 1.807) is 0 Å². The van der Waals surface area contributed by atoms with Crippen LogP contribution in [0.2, 0.25) is 0 Å². The van der Waals surface area contributed by atoms with Crippen LogP contribution in [0.25, 0.3) is 0 Å². The summed E-state index contributed by atoms with van der Waals surface area (Å²) in [6, 6.07) is 9.59. The van der Waals surface area contributed by atoms with Gasteiger partial charge in [0.1, 0.15) is 0 Å². The number of carbonyl (C=O) groups is 1. The van der Waals surface area contributed by atoms with E-state index in [-0.39, 0.29) is 41.3 Å². The van der Waals surface area contributed by atoms with Gasteiger partial charge in [-0.1, -0.05) is 43.7 Å². The van der Waals surface area contributed by atoms with Crippen molar-refractivity contribution in [2.24, 2.45) is 17.8 Å².